The number of rotatable bonds is 22. The molecule has 0 amide bonds. The molecule has 372 valence electrons. The number of hydrogen-bond donors (Lipinski definition) is 1. The van der Waals surface area contributed by atoms with Gasteiger partial charge in [-0.3, -0.25) is 0 Å². The second kappa shape index (κ2) is 22.2. The summed E-state index contributed by atoms with van der Waals surface area (Å²) in [5.74, 6) is 7.75. The van der Waals surface area contributed by atoms with Crippen LogP contribution in [-0.2, 0) is 10.8 Å². The molecule has 0 aliphatic rings. The Morgan fingerprint density at radius 2 is 0.859 bits per heavy atom. The highest BCUT2D eigenvalue weighted by Gasteiger charge is 2.48. The van der Waals surface area contributed by atoms with E-state index in [1.165, 1.54) is 16.7 Å². The quantitative estimate of drug-likeness (QED) is 0.0725. The van der Waals surface area contributed by atoms with Gasteiger partial charge in [0.25, 0.3) is 0 Å². The second-order valence-corrected chi connectivity index (χ2v) is 20.4. The summed E-state index contributed by atoms with van der Waals surface area (Å²) in [5.41, 5.74) is 12.6. The van der Waals surface area contributed by atoms with Crippen molar-refractivity contribution in [2.45, 2.75) is 137 Å². The van der Waals surface area contributed by atoms with E-state index in [2.05, 4.69) is 144 Å². The fraction of sp³-hybridized carbons (Fsp3) is 0.344. The molecular weight excluding hydrogens is 879 g/mol. The van der Waals surface area contributed by atoms with Gasteiger partial charge in [-0.2, -0.15) is 0 Å². The zero-order chi connectivity index (χ0) is 51.0. The average molecular weight is 954 g/mol. The number of aryl methyl sites for hydroxylation is 2. The van der Waals surface area contributed by atoms with Crippen molar-refractivity contribution in [2.24, 2.45) is 5.73 Å². The Bertz CT molecular complexity index is 2830. The van der Waals surface area contributed by atoms with E-state index in [9.17, 15) is 0 Å². The normalized spacial score (nSPS) is 13.9. The molecule has 7 heteroatoms. The maximum atomic E-state index is 6.97. The fourth-order valence-corrected chi connectivity index (χ4v) is 9.11. The van der Waals surface area contributed by atoms with Crippen molar-refractivity contribution in [1.29, 1.82) is 0 Å². The molecule has 0 aliphatic heterocycles. The Balaban J connectivity index is 0.960. The minimum atomic E-state index is -0.652. The van der Waals surface area contributed by atoms with E-state index in [4.69, 9.17) is 34.2 Å². The topological polar surface area (TPSA) is 81.4 Å². The third kappa shape index (κ3) is 12.3. The first kappa shape index (κ1) is 52.1. The van der Waals surface area contributed by atoms with Gasteiger partial charge in [-0.25, -0.2) is 0 Å². The molecule has 0 bridgehead atoms. The molecule has 3 unspecified atom stereocenters. The molecule has 7 rings (SSSR count). The molecule has 0 spiro atoms. The van der Waals surface area contributed by atoms with Crippen molar-refractivity contribution in [1.82, 2.24) is 0 Å². The van der Waals surface area contributed by atoms with Gasteiger partial charge in [-0.05, 0) is 196 Å². The minimum Gasteiger partial charge on any atom is -0.488 e. The van der Waals surface area contributed by atoms with Crippen LogP contribution >= 0.6 is 0 Å². The summed E-state index contributed by atoms with van der Waals surface area (Å²) < 4.78 is 38.4. The standard InChI is InChI=1S/C64H75NO6/c1-13-61(8,9)49-22-26-51(27-23-49)66-53-30-32-55(33-31-53)68-57-18-17-19-58(42-57)70-63(12,15-3)64(16-4,43-65)50-24-28-52(29-25-50)67-54-34-36-56(37-35-54)69-59-38-20-47(40-44(59)5)46(7)48-21-39-60(45(6)41-48)71-62(10,11)14-2/h17-42,46H,13-16,43,65H2,1-12H3. The summed E-state index contributed by atoms with van der Waals surface area (Å²) in [5, 5.41) is 0. The van der Waals surface area contributed by atoms with Crippen molar-refractivity contribution >= 4 is 0 Å². The summed E-state index contributed by atoms with van der Waals surface area (Å²) in [6.45, 7) is 26.5. The molecule has 7 aromatic carbocycles. The van der Waals surface area contributed by atoms with Crippen LogP contribution in [0, 0.1) is 13.8 Å². The highest BCUT2D eigenvalue weighted by molar-refractivity contribution is 5.47. The molecule has 0 saturated carbocycles. The first-order valence-electron chi connectivity index (χ1n) is 25.4. The van der Waals surface area contributed by atoms with E-state index in [-0.39, 0.29) is 16.9 Å². The molecule has 0 heterocycles. The summed E-state index contributed by atoms with van der Waals surface area (Å²) in [6, 6.07) is 52.7. The highest BCUT2D eigenvalue weighted by Crippen LogP contribution is 2.45. The van der Waals surface area contributed by atoms with E-state index in [0.29, 0.717) is 29.5 Å². The smallest absolute Gasteiger partial charge is 0.131 e. The van der Waals surface area contributed by atoms with Gasteiger partial charge in [0.05, 0.1) is 0 Å². The van der Waals surface area contributed by atoms with Gasteiger partial charge in [-0.15, -0.1) is 0 Å². The monoisotopic (exact) mass is 954 g/mol. The maximum Gasteiger partial charge on any atom is 0.131 e. The molecule has 0 radical (unpaired) electrons. The Morgan fingerprint density at radius 1 is 0.423 bits per heavy atom. The lowest BCUT2D eigenvalue weighted by molar-refractivity contribution is -0.00192. The first-order valence-corrected chi connectivity index (χ1v) is 25.4. The van der Waals surface area contributed by atoms with E-state index < -0.39 is 11.0 Å². The molecule has 71 heavy (non-hydrogen) atoms. The van der Waals surface area contributed by atoms with Crippen LogP contribution in [0.4, 0.5) is 0 Å². The Morgan fingerprint density at radius 3 is 1.30 bits per heavy atom. The van der Waals surface area contributed by atoms with Crippen LogP contribution < -0.4 is 34.2 Å². The van der Waals surface area contributed by atoms with Crippen molar-refractivity contribution in [3.63, 3.8) is 0 Å². The molecular formula is C64H75NO6. The van der Waals surface area contributed by atoms with E-state index in [0.717, 1.165) is 76.9 Å². The summed E-state index contributed by atoms with van der Waals surface area (Å²) in [6.07, 6.45) is 3.50. The lowest BCUT2D eigenvalue weighted by atomic mass is 9.65. The zero-order valence-electron chi connectivity index (χ0n) is 44.2. The van der Waals surface area contributed by atoms with Crippen molar-refractivity contribution in [3.05, 3.63) is 191 Å². The average Bonchev–Trinajstić information content (AvgIpc) is 3.37. The van der Waals surface area contributed by atoms with E-state index in [1.54, 1.807) is 0 Å². The van der Waals surface area contributed by atoms with Gasteiger partial charge in [0, 0.05) is 23.9 Å². The van der Waals surface area contributed by atoms with Crippen molar-refractivity contribution in [2.75, 3.05) is 6.54 Å². The van der Waals surface area contributed by atoms with Gasteiger partial charge in [0.2, 0.25) is 0 Å². The van der Waals surface area contributed by atoms with Gasteiger partial charge >= 0.3 is 0 Å². The molecule has 0 aliphatic carbocycles. The number of ether oxygens (including phenoxy) is 6. The van der Waals surface area contributed by atoms with Gasteiger partial charge in [-0.1, -0.05) is 103 Å². The fourth-order valence-electron chi connectivity index (χ4n) is 9.11. The lowest BCUT2D eigenvalue weighted by Gasteiger charge is -2.48. The second-order valence-electron chi connectivity index (χ2n) is 20.4. The van der Waals surface area contributed by atoms with Crippen molar-refractivity contribution in [3.8, 4) is 57.5 Å². The molecule has 0 saturated heterocycles. The predicted molar refractivity (Wildman–Crippen MR) is 291 cm³/mol. The number of hydrogen-bond acceptors (Lipinski definition) is 7. The van der Waals surface area contributed by atoms with E-state index in [1.807, 2.05) is 97.1 Å². The number of nitrogens with two attached hydrogens (primary N) is 1. The summed E-state index contributed by atoms with van der Waals surface area (Å²) in [4.78, 5) is 0. The van der Waals surface area contributed by atoms with Gasteiger partial charge in [0.1, 0.15) is 68.7 Å². The Hall–Kier alpha value is -6.70. The van der Waals surface area contributed by atoms with Crippen LogP contribution in [0.1, 0.15) is 134 Å². The van der Waals surface area contributed by atoms with Crippen LogP contribution in [0.5, 0.6) is 57.5 Å². The lowest BCUT2D eigenvalue weighted by Crippen LogP contribution is -2.57. The maximum absolute atomic E-state index is 6.97. The summed E-state index contributed by atoms with van der Waals surface area (Å²) in [7, 11) is 0. The van der Waals surface area contributed by atoms with Crippen molar-refractivity contribution < 1.29 is 28.4 Å². The zero-order valence-corrected chi connectivity index (χ0v) is 44.2. The largest absolute Gasteiger partial charge is 0.488 e. The minimum absolute atomic E-state index is 0.127. The Labute approximate surface area is 424 Å². The number of benzene rings is 7. The molecule has 7 nitrogen and oxygen atoms in total. The highest BCUT2D eigenvalue weighted by atomic mass is 16.5. The third-order valence-electron chi connectivity index (χ3n) is 14.9. The molecule has 2 N–H and O–H groups in total. The molecule has 3 atom stereocenters. The SMILES string of the molecule is CCC(C)(C)Oc1ccc(C(C)c2ccc(Oc3ccc(Oc4ccc(C(CC)(CN)C(C)(CC)Oc5cccc(Oc6ccc(Oc7ccc(C(C)(C)CC)cc7)cc6)c5)cc4)cc3)c(C)c2)cc1C. The predicted octanol–water partition coefficient (Wildman–Crippen LogP) is 17.7. The molecule has 0 fully saturated rings. The van der Waals surface area contributed by atoms with Crippen LogP contribution in [0.25, 0.3) is 0 Å². The molecule has 7 aromatic rings. The van der Waals surface area contributed by atoms with Crippen LogP contribution in [-0.4, -0.2) is 17.7 Å². The Kier molecular flexibility index (Phi) is 16.3. The van der Waals surface area contributed by atoms with Gasteiger partial charge < -0.3 is 34.2 Å². The first-order chi connectivity index (χ1) is 33.9. The summed E-state index contributed by atoms with van der Waals surface area (Å²) >= 11 is 0. The molecule has 0 aromatic heterocycles. The van der Waals surface area contributed by atoms with Crippen LogP contribution in [0.2, 0.25) is 0 Å². The van der Waals surface area contributed by atoms with Crippen LogP contribution in [0.3, 0.4) is 0 Å². The van der Waals surface area contributed by atoms with Gasteiger partial charge in [0.15, 0.2) is 0 Å². The third-order valence-corrected chi connectivity index (χ3v) is 14.9. The van der Waals surface area contributed by atoms with Crippen LogP contribution in [0.15, 0.2) is 158 Å². The van der Waals surface area contributed by atoms with E-state index >= 15 is 0 Å².